The Morgan fingerprint density at radius 3 is 2.30 bits per heavy atom. The van der Waals surface area contributed by atoms with Gasteiger partial charge >= 0.3 is 6.03 Å². The minimum Gasteiger partial charge on any atom is -0.492 e. The van der Waals surface area contributed by atoms with Gasteiger partial charge in [0, 0.05) is 51.1 Å². The molecule has 0 spiro atoms. The summed E-state index contributed by atoms with van der Waals surface area (Å²) in [5.41, 5.74) is 0.938. The molecule has 40 heavy (non-hydrogen) atoms. The third kappa shape index (κ3) is 8.32. The van der Waals surface area contributed by atoms with Crippen molar-refractivity contribution < 1.29 is 23.5 Å². The average Bonchev–Trinajstić information content (AvgIpc) is 2.94. The maximum atomic E-state index is 13.9. The molecule has 1 fully saturated rings. The maximum absolute atomic E-state index is 13.9. The normalized spacial score (nSPS) is 13.9. The van der Waals surface area contributed by atoms with Crippen molar-refractivity contribution in [1.29, 1.82) is 0 Å². The van der Waals surface area contributed by atoms with Gasteiger partial charge in [-0.25, -0.2) is 9.18 Å². The van der Waals surface area contributed by atoms with Crippen molar-refractivity contribution in [2.45, 2.75) is 6.42 Å². The van der Waals surface area contributed by atoms with Crippen LogP contribution in [0, 0.1) is 5.82 Å². The van der Waals surface area contributed by atoms with Crippen molar-refractivity contribution in [3.8, 4) is 17.2 Å². The number of anilines is 2. The van der Waals surface area contributed by atoms with E-state index in [9.17, 15) is 14.0 Å². The number of hydrogen-bond donors (Lipinski definition) is 3. The molecule has 0 unspecified atom stereocenters. The second kappa shape index (κ2) is 14.0. The fourth-order valence-corrected chi connectivity index (χ4v) is 4.38. The SMILES string of the molecule is CNC(=O)c1cc(Oc2ccc(NC(=O)Nc3ccc(OCCCN4CCN(C)CC4)c(Cl)c3)cc2)ccc1F. The number of amides is 3. The van der Waals surface area contributed by atoms with Gasteiger partial charge < -0.3 is 35.2 Å². The molecule has 1 saturated heterocycles. The third-order valence-electron chi connectivity index (χ3n) is 6.42. The highest BCUT2D eigenvalue weighted by Crippen LogP contribution is 2.28. The second-order valence-electron chi connectivity index (χ2n) is 9.42. The van der Waals surface area contributed by atoms with Crippen molar-refractivity contribution in [2.75, 3.05) is 64.1 Å². The summed E-state index contributed by atoms with van der Waals surface area (Å²) in [6.07, 6.45) is 0.910. The molecule has 3 N–H and O–H groups in total. The minimum atomic E-state index is -0.641. The zero-order valence-corrected chi connectivity index (χ0v) is 23.3. The Morgan fingerprint density at radius 2 is 1.60 bits per heavy atom. The summed E-state index contributed by atoms with van der Waals surface area (Å²) >= 11 is 6.38. The molecule has 0 atom stereocenters. The number of nitrogens with one attached hydrogen (secondary N) is 3. The number of carbonyl (C=O) groups excluding carboxylic acids is 2. The first-order valence-electron chi connectivity index (χ1n) is 13.0. The van der Waals surface area contributed by atoms with Crippen LogP contribution in [-0.4, -0.2) is 75.2 Å². The lowest BCUT2D eigenvalue weighted by Gasteiger charge is -2.32. The van der Waals surface area contributed by atoms with Crippen molar-refractivity contribution in [2.24, 2.45) is 0 Å². The number of ether oxygens (including phenoxy) is 2. The lowest BCUT2D eigenvalue weighted by atomic mass is 10.2. The fourth-order valence-electron chi connectivity index (χ4n) is 4.15. The van der Waals surface area contributed by atoms with Crippen LogP contribution in [0.25, 0.3) is 0 Å². The van der Waals surface area contributed by atoms with Crippen LogP contribution in [0.1, 0.15) is 16.8 Å². The monoisotopic (exact) mass is 569 g/mol. The predicted molar refractivity (Wildman–Crippen MR) is 154 cm³/mol. The van der Waals surface area contributed by atoms with Gasteiger partial charge in [0.25, 0.3) is 5.91 Å². The van der Waals surface area contributed by atoms with E-state index in [2.05, 4.69) is 32.8 Å². The molecule has 0 bridgehead atoms. The number of benzene rings is 3. The summed E-state index contributed by atoms with van der Waals surface area (Å²) in [6, 6.07) is 15.2. The Kier molecular flexibility index (Phi) is 10.2. The van der Waals surface area contributed by atoms with Crippen LogP contribution in [0.15, 0.2) is 60.7 Å². The Labute approximate surface area is 238 Å². The standard InChI is InChI=1S/C29H33ClFN5O4/c1-32-28(37)24-19-23(9-10-26(24)31)40-22-7-4-20(5-8-22)33-29(38)34-21-6-11-27(25(30)18-21)39-17-3-12-36-15-13-35(2)14-16-36/h4-11,18-19H,3,12-17H2,1-2H3,(H,32,37)(H2,33,34,38). The first-order valence-corrected chi connectivity index (χ1v) is 13.4. The molecule has 11 heteroatoms. The van der Waals surface area contributed by atoms with Gasteiger partial charge in [-0.3, -0.25) is 4.79 Å². The number of likely N-dealkylation sites (N-methyl/N-ethyl adjacent to an activating group) is 1. The van der Waals surface area contributed by atoms with E-state index < -0.39 is 17.8 Å². The first kappa shape index (κ1) is 29.1. The molecule has 1 heterocycles. The molecular formula is C29H33ClFN5O4. The summed E-state index contributed by atoms with van der Waals surface area (Å²) in [7, 11) is 3.57. The minimum absolute atomic E-state index is 0.115. The largest absolute Gasteiger partial charge is 0.492 e. The van der Waals surface area contributed by atoms with E-state index >= 15 is 0 Å². The molecule has 0 saturated carbocycles. The van der Waals surface area contributed by atoms with E-state index in [1.54, 1.807) is 42.5 Å². The van der Waals surface area contributed by atoms with Crippen LogP contribution < -0.4 is 25.4 Å². The summed E-state index contributed by atoms with van der Waals surface area (Å²) in [6.45, 7) is 5.89. The summed E-state index contributed by atoms with van der Waals surface area (Å²) < 4.78 is 25.4. The predicted octanol–water partition coefficient (Wildman–Crippen LogP) is 5.29. The van der Waals surface area contributed by atoms with Crippen LogP contribution in [-0.2, 0) is 0 Å². The highest BCUT2D eigenvalue weighted by molar-refractivity contribution is 6.32. The number of hydrogen-bond acceptors (Lipinski definition) is 6. The van der Waals surface area contributed by atoms with Gasteiger partial charge in [0.15, 0.2) is 0 Å². The number of nitrogens with zero attached hydrogens (tertiary/aromatic N) is 2. The van der Waals surface area contributed by atoms with E-state index in [-0.39, 0.29) is 5.56 Å². The van der Waals surface area contributed by atoms with Gasteiger partial charge in [-0.1, -0.05) is 11.6 Å². The first-order chi connectivity index (χ1) is 19.3. The van der Waals surface area contributed by atoms with Gasteiger partial charge in [0.1, 0.15) is 23.1 Å². The van der Waals surface area contributed by atoms with Crippen LogP contribution in [0.4, 0.5) is 20.6 Å². The number of piperazine rings is 1. The number of rotatable bonds is 10. The molecule has 1 aliphatic rings. The quantitative estimate of drug-likeness (QED) is 0.287. The second-order valence-corrected chi connectivity index (χ2v) is 9.83. The third-order valence-corrected chi connectivity index (χ3v) is 6.71. The van der Waals surface area contributed by atoms with Gasteiger partial charge in [-0.15, -0.1) is 0 Å². The maximum Gasteiger partial charge on any atom is 0.323 e. The molecule has 0 aliphatic carbocycles. The van der Waals surface area contributed by atoms with Crippen molar-refractivity contribution >= 4 is 34.9 Å². The zero-order chi connectivity index (χ0) is 28.5. The van der Waals surface area contributed by atoms with E-state index in [4.69, 9.17) is 21.1 Å². The molecule has 212 valence electrons. The Balaban J connectivity index is 1.23. The summed E-state index contributed by atoms with van der Waals surface area (Å²) in [5, 5.41) is 8.29. The molecular weight excluding hydrogens is 537 g/mol. The topological polar surface area (TPSA) is 95.2 Å². The lowest BCUT2D eigenvalue weighted by Crippen LogP contribution is -2.44. The highest BCUT2D eigenvalue weighted by atomic mass is 35.5. The van der Waals surface area contributed by atoms with E-state index in [0.717, 1.165) is 39.1 Å². The molecule has 3 amide bonds. The van der Waals surface area contributed by atoms with Gasteiger partial charge in [0.05, 0.1) is 17.2 Å². The van der Waals surface area contributed by atoms with E-state index in [1.807, 2.05) is 0 Å². The van der Waals surface area contributed by atoms with Crippen molar-refractivity contribution in [1.82, 2.24) is 15.1 Å². The number of urea groups is 1. The molecule has 0 radical (unpaired) electrons. The molecule has 4 rings (SSSR count). The van der Waals surface area contributed by atoms with Gasteiger partial charge in [0.2, 0.25) is 0 Å². The Hall–Kier alpha value is -3.86. The molecule has 1 aliphatic heterocycles. The van der Waals surface area contributed by atoms with Crippen molar-refractivity contribution in [3.05, 3.63) is 77.1 Å². The zero-order valence-electron chi connectivity index (χ0n) is 22.5. The van der Waals surface area contributed by atoms with Crippen LogP contribution >= 0.6 is 11.6 Å². The van der Waals surface area contributed by atoms with E-state index in [0.29, 0.717) is 40.3 Å². The van der Waals surface area contributed by atoms with Gasteiger partial charge in [-0.05, 0) is 74.1 Å². The average molecular weight is 570 g/mol. The summed E-state index contributed by atoms with van der Waals surface area (Å²) in [5.74, 6) is 0.139. The number of carbonyl (C=O) groups is 2. The molecule has 3 aromatic rings. The Morgan fingerprint density at radius 1 is 0.925 bits per heavy atom. The van der Waals surface area contributed by atoms with Crippen LogP contribution in [0.2, 0.25) is 5.02 Å². The van der Waals surface area contributed by atoms with Crippen molar-refractivity contribution in [3.63, 3.8) is 0 Å². The smallest absolute Gasteiger partial charge is 0.323 e. The molecule has 0 aromatic heterocycles. The molecule has 3 aromatic carbocycles. The highest BCUT2D eigenvalue weighted by Gasteiger charge is 2.14. The van der Waals surface area contributed by atoms with E-state index in [1.165, 1.54) is 25.2 Å². The van der Waals surface area contributed by atoms with Crippen LogP contribution in [0.5, 0.6) is 17.2 Å². The Bertz CT molecular complexity index is 1320. The summed E-state index contributed by atoms with van der Waals surface area (Å²) in [4.78, 5) is 29.1. The molecule has 9 nitrogen and oxygen atoms in total. The number of halogens is 2. The fraction of sp³-hybridized carbons (Fsp3) is 0.310. The lowest BCUT2D eigenvalue weighted by molar-refractivity contribution is 0.0958. The van der Waals surface area contributed by atoms with Crippen LogP contribution in [0.3, 0.4) is 0 Å². The van der Waals surface area contributed by atoms with Gasteiger partial charge in [-0.2, -0.15) is 0 Å².